The van der Waals surface area contributed by atoms with Crippen molar-refractivity contribution in [3.63, 3.8) is 0 Å². The van der Waals surface area contributed by atoms with Gasteiger partial charge in [-0.25, -0.2) is 0 Å². The van der Waals surface area contributed by atoms with Gasteiger partial charge < -0.3 is 9.84 Å². The van der Waals surface area contributed by atoms with Gasteiger partial charge in [0.25, 0.3) is 0 Å². The molecule has 4 nitrogen and oxygen atoms in total. The van der Waals surface area contributed by atoms with Crippen molar-refractivity contribution in [3.05, 3.63) is 59.2 Å². The van der Waals surface area contributed by atoms with E-state index in [1.807, 2.05) is 48.5 Å². The van der Waals surface area contributed by atoms with Crippen molar-refractivity contribution in [3.8, 4) is 11.6 Å². The Morgan fingerprint density at radius 3 is 2.48 bits per heavy atom. The summed E-state index contributed by atoms with van der Waals surface area (Å²) in [6, 6.07) is 15.1. The number of fused-ring (bicyclic) bond motifs is 1. The van der Waals surface area contributed by atoms with Crippen LogP contribution in [0.5, 0.6) is 11.6 Å². The zero-order valence-electron chi connectivity index (χ0n) is 11.2. The van der Waals surface area contributed by atoms with Crippen LogP contribution in [0.15, 0.2) is 48.5 Å². The molecule has 3 aromatic rings. The van der Waals surface area contributed by atoms with E-state index in [0.717, 1.165) is 16.3 Å². The maximum atomic E-state index is 9.12. The average Bonchev–Trinajstić information content (AvgIpc) is 2.52. The third-order valence-electron chi connectivity index (χ3n) is 3.17. The molecule has 0 spiro atoms. The van der Waals surface area contributed by atoms with Crippen molar-refractivity contribution < 1.29 is 9.84 Å². The highest BCUT2D eigenvalue weighted by molar-refractivity contribution is 6.34. The normalized spacial score (nSPS) is 10.8. The summed E-state index contributed by atoms with van der Waals surface area (Å²) in [6.07, 6.45) is 0.523. The van der Waals surface area contributed by atoms with Crippen molar-refractivity contribution in [2.45, 2.75) is 6.42 Å². The van der Waals surface area contributed by atoms with Gasteiger partial charge >= 0.3 is 0 Å². The Hall–Kier alpha value is -2.17. The van der Waals surface area contributed by atoms with Gasteiger partial charge in [-0.05, 0) is 24.1 Å². The molecule has 0 bridgehead atoms. The van der Waals surface area contributed by atoms with E-state index in [0.29, 0.717) is 23.2 Å². The van der Waals surface area contributed by atoms with Gasteiger partial charge in [-0.2, -0.15) is 0 Å². The van der Waals surface area contributed by atoms with Crippen LogP contribution in [0.3, 0.4) is 0 Å². The van der Waals surface area contributed by atoms with Crippen LogP contribution >= 0.6 is 11.6 Å². The largest absolute Gasteiger partial charge is 0.437 e. The van der Waals surface area contributed by atoms with Gasteiger partial charge in [0.15, 0.2) is 5.15 Å². The van der Waals surface area contributed by atoms with Crippen LogP contribution in [0.2, 0.25) is 5.15 Å². The molecule has 106 valence electrons. The fourth-order valence-electron chi connectivity index (χ4n) is 2.16. The molecular weight excluding hydrogens is 288 g/mol. The van der Waals surface area contributed by atoms with E-state index in [4.69, 9.17) is 21.4 Å². The first-order valence-electron chi connectivity index (χ1n) is 6.57. The molecule has 0 aliphatic rings. The number of hydrogen-bond acceptors (Lipinski definition) is 4. The maximum absolute atomic E-state index is 9.12. The van der Waals surface area contributed by atoms with Gasteiger partial charge in [0.05, 0.1) is 0 Å². The Morgan fingerprint density at radius 2 is 1.67 bits per heavy atom. The Bertz CT molecular complexity index is 777. The summed E-state index contributed by atoms with van der Waals surface area (Å²) >= 11 is 6.05. The molecule has 1 N–H and O–H groups in total. The van der Waals surface area contributed by atoms with E-state index in [1.165, 1.54) is 0 Å². The number of rotatable bonds is 4. The van der Waals surface area contributed by atoms with Gasteiger partial charge in [0.1, 0.15) is 5.75 Å². The first kappa shape index (κ1) is 13.8. The smallest absolute Gasteiger partial charge is 0.246 e. The second-order valence-electron chi connectivity index (χ2n) is 4.52. The monoisotopic (exact) mass is 300 g/mol. The summed E-state index contributed by atoms with van der Waals surface area (Å²) in [7, 11) is 0. The summed E-state index contributed by atoms with van der Waals surface area (Å²) in [5.41, 5.74) is 0.917. The van der Waals surface area contributed by atoms with Crippen LogP contribution in [-0.2, 0) is 6.42 Å². The molecule has 21 heavy (non-hydrogen) atoms. The number of ether oxygens (including phenoxy) is 1. The molecule has 0 saturated carbocycles. The number of para-hydroxylation sites is 1. The first-order chi connectivity index (χ1) is 10.3. The van der Waals surface area contributed by atoms with Crippen molar-refractivity contribution >= 4 is 22.4 Å². The fraction of sp³-hybridized carbons (Fsp3) is 0.125. The number of aromatic nitrogens is 2. The van der Waals surface area contributed by atoms with Crippen LogP contribution in [0.1, 0.15) is 5.56 Å². The molecule has 0 aliphatic heterocycles. The van der Waals surface area contributed by atoms with Crippen molar-refractivity contribution in [1.29, 1.82) is 0 Å². The molecule has 0 amide bonds. The Kier molecular flexibility index (Phi) is 3.99. The molecule has 2 aromatic carbocycles. The lowest BCUT2D eigenvalue weighted by Crippen LogP contribution is -1.98. The Balaban J connectivity index is 2.05. The van der Waals surface area contributed by atoms with E-state index in [-0.39, 0.29) is 6.61 Å². The van der Waals surface area contributed by atoms with E-state index < -0.39 is 0 Å². The van der Waals surface area contributed by atoms with Crippen LogP contribution in [0, 0.1) is 0 Å². The lowest BCUT2D eigenvalue weighted by molar-refractivity contribution is 0.297. The lowest BCUT2D eigenvalue weighted by atomic mass is 10.1. The third kappa shape index (κ3) is 2.82. The number of halogens is 1. The average molecular weight is 301 g/mol. The standard InChI is InChI=1S/C16H13ClN2O2/c17-15-12-6-2-3-7-13(12)16(19-18-15)21-14-8-4-1-5-11(14)9-10-20/h1-8,20H,9-10H2. The number of aliphatic hydroxyl groups excluding tert-OH is 1. The highest BCUT2D eigenvalue weighted by Crippen LogP contribution is 2.31. The maximum Gasteiger partial charge on any atom is 0.246 e. The topological polar surface area (TPSA) is 55.2 Å². The molecule has 0 fully saturated rings. The summed E-state index contributed by atoms with van der Waals surface area (Å²) in [5.74, 6) is 1.06. The zero-order chi connectivity index (χ0) is 14.7. The summed E-state index contributed by atoms with van der Waals surface area (Å²) in [4.78, 5) is 0. The van der Waals surface area contributed by atoms with Crippen LogP contribution in [0.4, 0.5) is 0 Å². The van der Waals surface area contributed by atoms with Crippen molar-refractivity contribution in [1.82, 2.24) is 10.2 Å². The predicted molar refractivity (Wildman–Crippen MR) is 81.9 cm³/mol. The second kappa shape index (κ2) is 6.08. The molecule has 0 aliphatic carbocycles. The van der Waals surface area contributed by atoms with Gasteiger partial charge in [0.2, 0.25) is 5.88 Å². The Morgan fingerprint density at radius 1 is 0.952 bits per heavy atom. The van der Waals surface area contributed by atoms with Crippen LogP contribution < -0.4 is 4.74 Å². The van der Waals surface area contributed by atoms with E-state index >= 15 is 0 Å². The fourth-order valence-corrected chi connectivity index (χ4v) is 2.36. The predicted octanol–water partition coefficient (Wildman–Crippen LogP) is 3.61. The van der Waals surface area contributed by atoms with Crippen molar-refractivity contribution in [2.75, 3.05) is 6.61 Å². The molecule has 1 aromatic heterocycles. The molecule has 0 saturated heterocycles. The molecule has 0 unspecified atom stereocenters. The van der Waals surface area contributed by atoms with E-state index in [9.17, 15) is 0 Å². The van der Waals surface area contributed by atoms with Gasteiger partial charge in [0, 0.05) is 17.4 Å². The van der Waals surface area contributed by atoms with Crippen LogP contribution in [0.25, 0.3) is 10.8 Å². The van der Waals surface area contributed by atoms with Gasteiger partial charge in [-0.15, -0.1) is 10.2 Å². The lowest BCUT2D eigenvalue weighted by Gasteiger charge is -2.11. The third-order valence-corrected chi connectivity index (χ3v) is 3.45. The first-order valence-corrected chi connectivity index (χ1v) is 6.95. The van der Waals surface area contributed by atoms with Crippen LogP contribution in [-0.4, -0.2) is 21.9 Å². The van der Waals surface area contributed by atoms with Gasteiger partial charge in [-0.1, -0.05) is 48.0 Å². The van der Waals surface area contributed by atoms with Gasteiger partial charge in [-0.3, -0.25) is 0 Å². The Labute approximate surface area is 127 Å². The van der Waals surface area contributed by atoms with E-state index in [2.05, 4.69) is 10.2 Å². The van der Waals surface area contributed by atoms with E-state index in [1.54, 1.807) is 0 Å². The van der Waals surface area contributed by atoms with Crippen molar-refractivity contribution in [2.24, 2.45) is 0 Å². The summed E-state index contributed by atoms with van der Waals surface area (Å²) in [6.45, 7) is 0.0629. The number of aliphatic hydroxyl groups is 1. The quantitative estimate of drug-likeness (QED) is 0.799. The molecule has 1 heterocycles. The molecule has 0 radical (unpaired) electrons. The highest BCUT2D eigenvalue weighted by Gasteiger charge is 2.11. The minimum absolute atomic E-state index is 0.0629. The molecular formula is C16H13ClN2O2. The highest BCUT2D eigenvalue weighted by atomic mass is 35.5. The minimum atomic E-state index is 0.0629. The molecule has 5 heteroatoms. The number of hydrogen-bond donors (Lipinski definition) is 1. The summed E-state index contributed by atoms with van der Waals surface area (Å²) in [5, 5.41) is 19.0. The minimum Gasteiger partial charge on any atom is -0.437 e. The summed E-state index contributed by atoms with van der Waals surface area (Å²) < 4.78 is 5.89. The SMILES string of the molecule is OCCc1ccccc1Oc1nnc(Cl)c2ccccc12. The zero-order valence-corrected chi connectivity index (χ0v) is 11.9. The number of benzene rings is 2. The number of nitrogens with zero attached hydrogens (tertiary/aromatic N) is 2. The molecule has 0 atom stereocenters. The molecule has 3 rings (SSSR count). The second-order valence-corrected chi connectivity index (χ2v) is 4.88.